The fourth-order valence-electron chi connectivity index (χ4n) is 2.69. The van der Waals surface area contributed by atoms with Crippen LogP contribution in [-0.4, -0.2) is 57.9 Å². The monoisotopic (exact) mass is 346 g/mol. The molecule has 3 rings (SSSR count). The van der Waals surface area contributed by atoms with Gasteiger partial charge in [0.25, 0.3) is 5.91 Å². The first kappa shape index (κ1) is 17.2. The second kappa shape index (κ2) is 7.50. The molecule has 0 aliphatic carbocycles. The molecule has 0 N–H and O–H groups in total. The van der Waals surface area contributed by atoms with E-state index in [1.165, 1.54) is 6.26 Å². The second-order valence-electron chi connectivity index (χ2n) is 6.35. The Hall–Kier alpha value is -2.64. The van der Waals surface area contributed by atoms with Crippen LogP contribution in [-0.2, 0) is 11.2 Å². The third-order valence-electron chi connectivity index (χ3n) is 4.20. The van der Waals surface area contributed by atoms with Crippen LogP contribution in [0.15, 0.2) is 27.3 Å². The molecule has 3 heterocycles. The van der Waals surface area contributed by atoms with Crippen LogP contribution >= 0.6 is 0 Å². The first-order valence-electron chi connectivity index (χ1n) is 8.47. The topological polar surface area (TPSA) is 92.7 Å². The summed E-state index contributed by atoms with van der Waals surface area (Å²) in [5.74, 6) is 1.58. The highest BCUT2D eigenvalue weighted by Crippen LogP contribution is 2.13. The lowest BCUT2D eigenvalue weighted by Gasteiger charge is -2.34. The maximum absolute atomic E-state index is 12.3. The predicted molar refractivity (Wildman–Crippen MR) is 87.9 cm³/mol. The van der Waals surface area contributed by atoms with E-state index < -0.39 is 0 Å². The third kappa shape index (κ3) is 4.07. The molecule has 2 amide bonds. The van der Waals surface area contributed by atoms with Crippen molar-refractivity contribution in [3.05, 3.63) is 35.9 Å². The van der Waals surface area contributed by atoms with Crippen LogP contribution in [0.2, 0.25) is 0 Å². The fraction of sp³-hybridized carbons (Fsp3) is 0.529. The summed E-state index contributed by atoms with van der Waals surface area (Å²) in [5.41, 5.74) is 0. The molecule has 0 saturated carbocycles. The van der Waals surface area contributed by atoms with E-state index in [9.17, 15) is 9.59 Å². The van der Waals surface area contributed by atoms with Crippen LogP contribution in [0.4, 0.5) is 0 Å². The van der Waals surface area contributed by atoms with Crippen LogP contribution in [0.5, 0.6) is 0 Å². The van der Waals surface area contributed by atoms with Gasteiger partial charge in [-0.15, -0.1) is 0 Å². The third-order valence-corrected chi connectivity index (χ3v) is 4.20. The zero-order chi connectivity index (χ0) is 17.8. The Morgan fingerprint density at radius 2 is 1.92 bits per heavy atom. The van der Waals surface area contributed by atoms with Gasteiger partial charge in [-0.25, -0.2) is 0 Å². The molecule has 2 aromatic heterocycles. The maximum Gasteiger partial charge on any atom is 0.289 e. The van der Waals surface area contributed by atoms with Gasteiger partial charge in [-0.3, -0.25) is 9.59 Å². The number of carbonyl (C=O) groups is 2. The molecule has 8 heteroatoms. The molecule has 0 unspecified atom stereocenters. The van der Waals surface area contributed by atoms with Gasteiger partial charge in [0.2, 0.25) is 11.8 Å². The largest absolute Gasteiger partial charge is 0.459 e. The number of nitrogens with zero attached hydrogens (tertiary/aromatic N) is 4. The molecule has 0 bridgehead atoms. The number of piperazine rings is 1. The van der Waals surface area contributed by atoms with Crippen molar-refractivity contribution in [1.29, 1.82) is 0 Å². The first-order chi connectivity index (χ1) is 12.0. The zero-order valence-corrected chi connectivity index (χ0v) is 14.5. The highest BCUT2D eigenvalue weighted by atomic mass is 16.5. The van der Waals surface area contributed by atoms with Crippen molar-refractivity contribution in [2.45, 2.75) is 32.6 Å². The number of rotatable bonds is 5. The Labute approximate surface area is 145 Å². The van der Waals surface area contributed by atoms with Crippen molar-refractivity contribution >= 4 is 11.8 Å². The number of hydrogen-bond acceptors (Lipinski definition) is 6. The summed E-state index contributed by atoms with van der Waals surface area (Å²) in [7, 11) is 0. The second-order valence-corrected chi connectivity index (χ2v) is 6.35. The molecule has 2 aromatic rings. The van der Waals surface area contributed by atoms with Crippen LogP contribution in [0, 0.1) is 0 Å². The highest BCUT2D eigenvalue weighted by molar-refractivity contribution is 5.91. The number of amides is 2. The normalized spacial score (nSPS) is 15.0. The lowest BCUT2D eigenvalue weighted by atomic mass is 10.2. The number of hydrogen-bond donors (Lipinski definition) is 0. The van der Waals surface area contributed by atoms with Crippen molar-refractivity contribution in [3.63, 3.8) is 0 Å². The van der Waals surface area contributed by atoms with E-state index >= 15 is 0 Å². The molecule has 0 spiro atoms. The molecule has 8 nitrogen and oxygen atoms in total. The summed E-state index contributed by atoms with van der Waals surface area (Å²) in [6.45, 7) is 6.03. The average molecular weight is 346 g/mol. The number of furan rings is 1. The average Bonchev–Trinajstić information content (AvgIpc) is 3.31. The van der Waals surface area contributed by atoms with Crippen molar-refractivity contribution in [2.24, 2.45) is 0 Å². The molecule has 0 atom stereocenters. The van der Waals surface area contributed by atoms with Crippen LogP contribution < -0.4 is 0 Å². The Morgan fingerprint density at radius 1 is 1.20 bits per heavy atom. The molecule has 1 aliphatic heterocycles. The summed E-state index contributed by atoms with van der Waals surface area (Å²) >= 11 is 0. The molecular formula is C17H22N4O4. The van der Waals surface area contributed by atoms with Gasteiger partial charge in [-0.05, 0) is 12.1 Å². The summed E-state index contributed by atoms with van der Waals surface area (Å²) < 4.78 is 10.3. The SMILES string of the molecule is CC(C)c1noc(CCC(=O)N2CCN(C(=O)c3ccco3)CC2)n1. The highest BCUT2D eigenvalue weighted by Gasteiger charge is 2.26. The Bertz CT molecular complexity index is 715. The predicted octanol–water partition coefficient (Wildman–Crippen LogP) is 1.70. The summed E-state index contributed by atoms with van der Waals surface area (Å²) in [4.78, 5) is 32.3. The Kier molecular flexibility index (Phi) is 5.16. The number of carbonyl (C=O) groups excluding carboxylic acids is 2. The lowest BCUT2D eigenvalue weighted by Crippen LogP contribution is -2.50. The van der Waals surface area contributed by atoms with E-state index in [-0.39, 0.29) is 17.7 Å². The fourth-order valence-corrected chi connectivity index (χ4v) is 2.69. The van der Waals surface area contributed by atoms with E-state index in [4.69, 9.17) is 8.94 Å². The van der Waals surface area contributed by atoms with Gasteiger partial charge in [-0.1, -0.05) is 19.0 Å². The minimum Gasteiger partial charge on any atom is -0.459 e. The van der Waals surface area contributed by atoms with E-state index in [0.29, 0.717) is 56.5 Å². The van der Waals surface area contributed by atoms with Gasteiger partial charge in [0, 0.05) is 44.9 Å². The molecule has 1 fully saturated rings. The molecule has 0 aromatic carbocycles. The molecular weight excluding hydrogens is 324 g/mol. The minimum absolute atomic E-state index is 0.0365. The summed E-state index contributed by atoms with van der Waals surface area (Å²) in [6, 6.07) is 3.34. The Balaban J connectivity index is 1.45. The van der Waals surface area contributed by atoms with Crippen molar-refractivity contribution in [3.8, 4) is 0 Å². The van der Waals surface area contributed by atoms with E-state index in [0.717, 1.165) is 0 Å². The number of aromatic nitrogens is 2. The maximum atomic E-state index is 12.3. The van der Waals surface area contributed by atoms with Gasteiger partial charge < -0.3 is 18.7 Å². The van der Waals surface area contributed by atoms with Gasteiger partial charge >= 0.3 is 0 Å². The van der Waals surface area contributed by atoms with E-state index in [2.05, 4.69) is 10.1 Å². The van der Waals surface area contributed by atoms with Crippen LogP contribution in [0.25, 0.3) is 0 Å². The van der Waals surface area contributed by atoms with Gasteiger partial charge in [0.15, 0.2) is 11.6 Å². The van der Waals surface area contributed by atoms with Gasteiger partial charge in [-0.2, -0.15) is 4.98 Å². The quantitative estimate of drug-likeness (QED) is 0.818. The Morgan fingerprint density at radius 3 is 2.52 bits per heavy atom. The van der Waals surface area contributed by atoms with Crippen molar-refractivity contribution < 1.29 is 18.5 Å². The molecule has 1 aliphatic rings. The lowest BCUT2D eigenvalue weighted by molar-refractivity contribution is -0.132. The molecule has 0 radical (unpaired) electrons. The van der Waals surface area contributed by atoms with E-state index in [1.54, 1.807) is 21.9 Å². The molecule has 25 heavy (non-hydrogen) atoms. The standard InChI is InChI=1S/C17H22N4O4/c1-12(2)16-18-14(25-19-16)5-6-15(22)20-7-9-21(10-8-20)17(23)13-4-3-11-24-13/h3-4,11-12H,5-10H2,1-2H3. The van der Waals surface area contributed by atoms with Gasteiger partial charge in [0.1, 0.15) is 0 Å². The van der Waals surface area contributed by atoms with Crippen molar-refractivity contribution in [1.82, 2.24) is 19.9 Å². The van der Waals surface area contributed by atoms with Crippen molar-refractivity contribution in [2.75, 3.05) is 26.2 Å². The first-order valence-corrected chi connectivity index (χ1v) is 8.47. The zero-order valence-electron chi connectivity index (χ0n) is 14.5. The smallest absolute Gasteiger partial charge is 0.289 e. The van der Waals surface area contributed by atoms with E-state index in [1.807, 2.05) is 13.8 Å². The summed E-state index contributed by atoms with van der Waals surface area (Å²) in [6.07, 6.45) is 2.24. The number of aryl methyl sites for hydroxylation is 1. The summed E-state index contributed by atoms with van der Waals surface area (Å²) in [5, 5.41) is 3.90. The minimum atomic E-state index is -0.135. The van der Waals surface area contributed by atoms with Gasteiger partial charge in [0.05, 0.1) is 6.26 Å². The van der Waals surface area contributed by atoms with Crippen LogP contribution in [0.3, 0.4) is 0 Å². The molecule has 1 saturated heterocycles. The van der Waals surface area contributed by atoms with Crippen LogP contribution in [0.1, 0.15) is 48.5 Å². The molecule has 134 valence electrons.